The number of ether oxygens (including phenoxy) is 2. The summed E-state index contributed by atoms with van der Waals surface area (Å²) in [4.78, 5) is 12.6. The first-order chi connectivity index (χ1) is 15.4. The van der Waals surface area contributed by atoms with Crippen LogP contribution in [0, 0.1) is 5.92 Å². The standard InChI is InChI=1S/C28H58O5Si2/c1-21(20-30-34(12,13)25(3,4)5)17-16-18-28(11)24(31-27(9,10)33-28)19-23(22(2)29)32-35(14,15)26(6,7)8/h21,23-24H,16-20H2,1-15H3/t21-,23-,24+,28+/m0/s1. The van der Waals surface area contributed by atoms with Gasteiger partial charge in [0.25, 0.3) is 0 Å². The van der Waals surface area contributed by atoms with Crippen molar-refractivity contribution in [1.82, 2.24) is 0 Å². The van der Waals surface area contributed by atoms with Gasteiger partial charge >= 0.3 is 0 Å². The van der Waals surface area contributed by atoms with Crippen molar-refractivity contribution in [3.8, 4) is 0 Å². The maximum absolute atomic E-state index is 12.6. The third-order valence-corrected chi connectivity index (χ3v) is 17.6. The van der Waals surface area contributed by atoms with Crippen molar-refractivity contribution in [2.75, 3.05) is 6.61 Å². The van der Waals surface area contributed by atoms with Crippen LogP contribution < -0.4 is 0 Å². The molecule has 0 spiro atoms. The molecule has 1 fully saturated rings. The zero-order valence-corrected chi connectivity index (χ0v) is 27.8. The van der Waals surface area contributed by atoms with Gasteiger partial charge in [0.1, 0.15) is 6.10 Å². The summed E-state index contributed by atoms with van der Waals surface area (Å²) < 4.78 is 25.8. The lowest BCUT2D eigenvalue weighted by atomic mass is 9.87. The molecule has 35 heavy (non-hydrogen) atoms. The Hall–Kier alpha value is -0.0562. The van der Waals surface area contributed by atoms with E-state index in [0.29, 0.717) is 12.3 Å². The molecule has 1 saturated heterocycles. The van der Waals surface area contributed by atoms with Gasteiger partial charge in [-0.25, -0.2) is 0 Å². The molecule has 0 unspecified atom stereocenters. The number of rotatable bonds is 12. The molecule has 1 aliphatic heterocycles. The molecule has 0 aromatic carbocycles. The molecule has 0 amide bonds. The third-order valence-electron chi connectivity index (χ3n) is 8.62. The Labute approximate surface area is 219 Å². The Bertz CT molecular complexity index is 705. The first kappa shape index (κ1) is 33.0. The van der Waals surface area contributed by atoms with Crippen LogP contribution >= 0.6 is 0 Å². The summed E-state index contributed by atoms with van der Waals surface area (Å²) in [6.07, 6.45) is 2.88. The van der Waals surface area contributed by atoms with Crippen LogP contribution in [0.5, 0.6) is 0 Å². The van der Waals surface area contributed by atoms with E-state index in [9.17, 15) is 4.79 Å². The van der Waals surface area contributed by atoms with Gasteiger partial charge in [-0.3, -0.25) is 4.79 Å². The second-order valence-electron chi connectivity index (χ2n) is 14.7. The molecule has 1 aliphatic rings. The fourth-order valence-electron chi connectivity index (χ4n) is 4.10. The van der Waals surface area contributed by atoms with Crippen molar-refractivity contribution in [3.63, 3.8) is 0 Å². The monoisotopic (exact) mass is 530 g/mol. The van der Waals surface area contributed by atoms with Crippen molar-refractivity contribution >= 4 is 22.4 Å². The minimum Gasteiger partial charge on any atom is -0.417 e. The van der Waals surface area contributed by atoms with E-state index in [0.717, 1.165) is 25.9 Å². The molecule has 0 aromatic rings. The van der Waals surface area contributed by atoms with E-state index in [1.165, 1.54) is 0 Å². The summed E-state index contributed by atoms with van der Waals surface area (Å²) in [7, 11) is -3.82. The van der Waals surface area contributed by atoms with Crippen LogP contribution in [0.25, 0.3) is 0 Å². The van der Waals surface area contributed by atoms with Gasteiger partial charge in [0, 0.05) is 13.0 Å². The highest BCUT2D eigenvalue weighted by Gasteiger charge is 2.51. The maximum atomic E-state index is 12.6. The first-order valence-electron chi connectivity index (χ1n) is 13.6. The first-order valence-corrected chi connectivity index (χ1v) is 19.4. The number of hydrogen-bond donors (Lipinski definition) is 0. The van der Waals surface area contributed by atoms with E-state index in [2.05, 4.69) is 81.6 Å². The molecular formula is C28H58O5Si2. The minimum absolute atomic E-state index is 0.0406. The van der Waals surface area contributed by atoms with Gasteiger partial charge in [-0.15, -0.1) is 0 Å². The van der Waals surface area contributed by atoms with Gasteiger partial charge in [0.2, 0.25) is 0 Å². The molecule has 5 nitrogen and oxygen atoms in total. The molecule has 0 aliphatic carbocycles. The highest BCUT2D eigenvalue weighted by atomic mass is 28.4. The van der Waals surface area contributed by atoms with E-state index in [4.69, 9.17) is 18.3 Å². The maximum Gasteiger partial charge on any atom is 0.193 e. The molecule has 0 aromatic heterocycles. The Balaban J connectivity index is 2.83. The van der Waals surface area contributed by atoms with Crippen LogP contribution in [0.4, 0.5) is 0 Å². The topological polar surface area (TPSA) is 54.0 Å². The predicted molar refractivity (Wildman–Crippen MR) is 152 cm³/mol. The van der Waals surface area contributed by atoms with Gasteiger partial charge in [0.05, 0.1) is 11.7 Å². The largest absolute Gasteiger partial charge is 0.417 e. The minimum atomic E-state index is -2.09. The molecule has 1 rings (SSSR count). The molecule has 0 radical (unpaired) electrons. The third kappa shape index (κ3) is 9.33. The SMILES string of the molecule is CC(=O)[C@H](C[C@H]1OC(C)(C)O[C@]1(C)CCC[C@H](C)CO[Si](C)(C)C(C)(C)C)O[Si](C)(C)C(C)(C)C. The number of hydrogen-bond acceptors (Lipinski definition) is 5. The summed E-state index contributed by atoms with van der Waals surface area (Å²) in [5.74, 6) is -0.107. The Morgan fingerprint density at radius 3 is 1.94 bits per heavy atom. The summed E-state index contributed by atoms with van der Waals surface area (Å²) in [5.41, 5.74) is -0.450. The average molecular weight is 531 g/mol. The zero-order chi connectivity index (χ0) is 27.7. The van der Waals surface area contributed by atoms with E-state index in [1.54, 1.807) is 6.92 Å². The smallest absolute Gasteiger partial charge is 0.193 e. The molecule has 4 atom stereocenters. The van der Waals surface area contributed by atoms with E-state index >= 15 is 0 Å². The second kappa shape index (κ2) is 11.4. The summed E-state index contributed by atoms with van der Waals surface area (Å²) in [5, 5.41) is 0.271. The Kier molecular flexibility index (Phi) is 10.7. The van der Waals surface area contributed by atoms with Crippen LogP contribution in [-0.4, -0.2) is 52.6 Å². The van der Waals surface area contributed by atoms with Gasteiger partial charge < -0.3 is 18.3 Å². The van der Waals surface area contributed by atoms with Gasteiger partial charge in [0.15, 0.2) is 28.2 Å². The number of ketones is 1. The van der Waals surface area contributed by atoms with E-state index in [-0.39, 0.29) is 22.0 Å². The van der Waals surface area contributed by atoms with Crippen LogP contribution in [0.2, 0.25) is 36.3 Å². The van der Waals surface area contributed by atoms with Crippen LogP contribution in [0.15, 0.2) is 0 Å². The van der Waals surface area contributed by atoms with Gasteiger partial charge in [-0.2, -0.15) is 0 Å². The van der Waals surface area contributed by atoms with E-state index in [1.807, 2.05) is 13.8 Å². The van der Waals surface area contributed by atoms with Crippen molar-refractivity contribution < 1.29 is 23.1 Å². The van der Waals surface area contributed by atoms with Crippen LogP contribution in [0.3, 0.4) is 0 Å². The predicted octanol–water partition coefficient (Wildman–Crippen LogP) is 8.09. The Morgan fingerprint density at radius 1 is 0.971 bits per heavy atom. The molecule has 0 N–H and O–H groups in total. The lowest BCUT2D eigenvalue weighted by molar-refractivity contribution is -0.162. The molecular weight excluding hydrogens is 472 g/mol. The normalized spacial score (nSPS) is 25.5. The van der Waals surface area contributed by atoms with Crippen LogP contribution in [-0.2, 0) is 23.1 Å². The number of carbonyl (C=O) groups is 1. The number of carbonyl (C=O) groups excluding carboxylic acids is 1. The fraction of sp³-hybridized carbons (Fsp3) is 0.964. The van der Waals surface area contributed by atoms with Crippen molar-refractivity contribution in [3.05, 3.63) is 0 Å². The number of Topliss-reactive ketones (excluding diaryl/α,β-unsaturated/α-hetero) is 1. The van der Waals surface area contributed by atoms with Gasteiger partial charge in [-0.05, 0) is 82.7 Å². The summed E-state index contributed by atoms with van der Waals surface area (Å²) >= 11 is 0. The molecule has 0 bridgehead atoms. The molecule has 208 valence electrons. The Morgan fingerprint density at radius 2 is 1.49 bits per heavy atom. The highest BCUT2D eigenvalue weighted by molar-refractivity contribution is 6.74. The average Bonchev–Trinajstić information content (AvgIpc) is 2.85. The molecule has 1 heterocycles. The highest BCUT2D eigenvalue weighted by Crippen LogP contribution is 2.44. The molecule has 0 saturated carbocycles. The van der Waals surface area contributed by atoms with Crippen molar-refractivity contribution in [1.29, 1.82) is 0 Å². The lowest BCUT2D eigenvalue weighted by Crippen LogP contribution is -2.48. The van der Waals surface area contributed by atoms with E-state index < -0.39 is 34.1 Å². The fourth-order valence-corrected chi connectivity index (χ4v) is 6.57. The van der Waals surface area contributed by atoms with Crippen molar-refractivity contribution in [2.24, 2.45) is 5.92 Å². The zero-order valence-electron chi connectivity index (χ0n) is 25.8. The van der Waals surface area contributed by atoms with Gasteiger partial charge in [-0.1, -0.05) is 54.9 Å². The lowest BCUT2D eigenvalue weighted by Gasteiger charge is -2.40. The van der Waals surface area contributed by atoms with Crippen LogP contribution in [0.1, 0.15) is 102 Å². The molecule has 7 heteroatoms. The van der Waals surface area contributed by atoms with Crippen molar-refractivity contribution in [2.45, 2.75) is 162 Å². The summed E-state index contributed by atoms with van der Waals surface area (Å²) in [6.45, 7) is 33.3. The second-order valence-corrected chi connectivity index (χ2v) is 24.3. The summed E-state index contributed by atoms with van der Waals surface area (Å²) in [6, 6.07) is 0. The quantitative estimate of drug-likeness (QED) is 0.239.